The van der Waals surface area contributed by atoms with Crippen LogP contribution in [-0.4, -0.2) is 20.4 Å². The van der Waals surface area contributed by atoms with Gasteiger partial charge in [0, 0.05) is 6.42 Å². The molecular weight excluding hydrogens is 256 g/mol. The van der Waals surface area contributed by atoms with E-state index in [-0.39, 0.29) is 5.25 Å². The van der Waals surface area contributed by atoms with Gasteiger partial charge in [0.2, 0.25) is 5.16 Å². The van der Waals surface area contributed by atoms with Gasteiger partial charge in [0.1, 0.15) is 11.1 Å². The van der Waals surface area contributed by atoms with Crippen molar-refractivity contribution in [3.63, 3.8) is 0 Å². The summed E-state index contributed by atoms with van der Waals surface area (Å²) < 4.78 is 0. The van der Waals surface area contributed by atoms with Crippen LogP contribution in [0, 0.1) is 18.3 Å². The first-order chi connectivity index (χ1) is 9.21. The lowest BCUT2D eigenvalue weighted by molar-refractivity contribution is 0.938. The zero-order chi connectivity index (χ0) is 13.7. The van der Waals surface area contributed by atoms with Crippen LogP contribution in [0.15, 0.2) is 29.4 Å². The quantitative estimate of drug-likeness (QED) is 0.850. The largest absolute Gasteiger partial charge is 0.262 e. The maximum Gasteiger partial charge on any atom is 0.209 e. The normalized spacial score (nSPS) is 12.1. The highest BCUT2D eigenvalue weighted by atomic mass is 32.2. The maximum atomic E-state index is 9.23. The van der Waals surface area contributed by atoms with Crippen molar-refractivity contribution in [2.24, 2.45) is 0 Å². The van der Waals surface area contributed by atoms with Crippen LogP contribution in [0.3, 0.4) is 0 Å². The lowest BCUT2D eigenvalue weighted by atomic mass is 10.1. The molecule has 1 atom stereocenters. The van der Waals surface area contributed by atoms with Gasteiger partial charge in [0.25, 0.3) is 0 Å². The van der Waals surface area contributed by atoms with E-state index in [1.807, 2.05) is 6.92 Å². The number of aromatic amines is 1. The van der Waals surface area contributed by atoms with E-state index in [1.165, 1.54) is 17.3 Å². The number of thioether (sulfide) groups is 1. The lowest BCUT2D eigenvalue weighted by Gasteiger charge is -2.06. The summed E-state index contributed by atoms with van der Waals surface area (Å²) in [6.45, 7) is 4.07. The highest BCUT2D eigenvalue weighted by Gasteiger charge is 2.13. The van der Waals surface area contributed by atoms with E-state index in [4.69, 9.17) is 0 Å². The number of H-pyrrole nitrogens is 1. The van der Waals surface area contributed by atoms with Crippen molar-refractivity contribution in [1.29, 1.82) is 5.26 Å². The Balaban J connectivity index is 2.00. The Morgan fingerprint density at radius 3 is 2.68 bits per heavy atom. The summed E-state index contributed by atoms with van der Waals surface area (Å²) in [5.41, 5.74) is 2.39. The third-order valence-corrected chi connectivity index (χ3v) is 3.73. The molecule has 0 aliphatic carbocycles. The number of rotatable bonds is 5. The molecule has 0 saturated heterocycles. The average molecular weight is 272 g/mol. The summed E-state index contributed by atoms with van der Waals surface area (Å²) in [5.74, 6) is 0.856. The molecule has 0 radical (unpaired) electrons. The standard InChI is InChI=1S/C14H16N4S/c1-3-13-16-14(18-17-13)19-12(9-15)8-11-6-4-10(2)5-7-11/h4-7,12H,3,8H2,1-2H3,(H,16,17,18). The molecular formula is C14H16N4S. The number of hydrogen-bond donors (Lipinski definition) is 1. The van der Waals surface area contributed by atoms with Gasteiger partial charge in [-0.2, -0.15) is 5.26 Å². The number of nitriles is 1. The second-order valence-corrected chi connectivity index (χ2v) is 5.51. The first-order valence-electron chi connectivity index (χ1n) is 6.24. The van der Waals surface area contributed by atoms with E-state index in [0.717, 1.165) is 17.8 Å². The molecule has 4 nitrogen and oxygen atoms in total. The molecule has 0 bridgehead atoms. The summed E-state index contributed by atoms with van der Waals surface area (Å²) >= 11 is 1.41. The fourth-order valence-corrected chi connectivity index (χ4v) is 2.51. The van der Waals surface area contributed by atoms with Gasteiger partial charge < -0.3 is 0 Å². The van der Waals surface area contributed by atoms with Crippen LogP contribution in [0.4, 0.5) is 0 Å². The van der Waals surface area contributed by atoms with Crippen LogP contribution in [0.5, 0.6) is 0 Å². The average Bonchev–Trinajstić information content (AvgIpc) is 2.88. The molecule has 0 amide bonds. The molecule has 19 heavy (non-hydrogen) atoms. The predicted octanol–water partition coefficient (Wildman–Crippen LogP) is 2.90. The van der Waals surface area contributed by atoms with Gasteiger partial charge in [-0.15, -0.1) is 5.10 Å². The second-order valence-electron chi connectivity index (χ2n) is 4.34. The molecule has 1 N–H and O–H groups in total. The highest BCUT2D eigenvalue weighted by Crippen LogP contribution is 2.22. The SMILES string of the molecule is CCc1nc(SC(C#N)Cc2ccc(C)cc2)n[nH]1. The van der Waals surface area contributed by atoms with E-state index < -0.39 is 0 Å². The molecule has 1 heterocycles. The van der Waals surface area contributed by atoms with E-state index in [9.17, 15) is 5.26 Å². The third-order valence-electron chi connectivity index (χ3n) is 2.78. The van der Waals surface area contributed by atoms with Gasteiger partial charge in [0.05, 0.1) is 6.07 Å². The number of nitrogens with one attached hydrogen (secondary N) is 1. The number of hydrogen-bond acceptors (Lipinski definition) is 4. The molecule has 2 rings (SSSR count). The van der Waals surface area contributed by atoms with Crippen molar-refractivity contribution in [2.75, 3.05) is 0 Å². The summed E-state index contributed by atoms with van der Waals surface area (Å²) in [4.78, 5) is 4.32. The van der Waals surface area contributed by atoms with Crippen LogP contribution in [0.25, 0.3) is 0 Å². The predicted molar refractivity (Wildman–Crippen MR) is 75.9 cm³/mol. The van der Waals surface area contributed by atoms with Crippen molar-refractivity contribution < 1.29 is 0 Å². The highest BCUT2D eigenvalue weighted by molar-refractivity contribution is 8.00. The van der Waals surface area contributed by atoms with Crippen molar-refractivity contribution >= 4 is 11.8 Å². The maximum absolute atomic E-state index is 9.23. The summed E-state index contributed by atoms with van der Waals surface area (Å²) in [6.07, 6.45) is 1.53. The van der Waals surface area contributed by atoms with Crippen molar-refractivity contribution in [3.8, 4) is 6.07 Å². The molecule has 1 unspecified atom stereocenters. The van der Waals surface area contributed by atoms with Crippen LogP contribution >= 0.6 is 11.8 Å². The molecule has 1 aromatic carbocycles. The summed E-state index contributed by atoms with van der Waals surface area (Å²) in [6, 6.07) is 10.6. The Bertz CT molecular complexity index is 568. The molecule has 0 aliphatic rings. The fraction of sp³-hybridized carbons (Fsp3) is 0.357. The monoisotopic (exact) mass is 272 g/mol. The second kappa shape index (κ2) is 6.39. The molecule has 5 heteroatoms. The number of aryl methyl sites for hydroxylation is 2. The Morgan fingerprint density at radius 1 is 1.37 bits per heavy atom. The molecule has 2 aromatic rings. The van der Waals surface area contributed by atoms with Gasteiger partial charge in [-0.25, -0.2) is 4.98 Å². The first kappa shape index (κ1) is 13.6. The third kappa shape index (κ3) is 3.83. The first-order valence-corrected chi connectivity index (χ1v) is 7.12. The molecule has 0 fully saturated rings. The number of aromatic nitrogens is 3. The minimum Gasteiger partial charge on any atom is -0.262 e. The van der Waals surface area contributed by atoms with E-state index in [0.29, 0.717) is 11.6 Å². The minimum absolute atomic E-state index is 0.164. The summed E-state index contributed by atoms with van der Waals surface area (Å²) in [7, 11) is 0. The van der Waals surface area contributed by atoms with Crippen molar-refractivity contribution in [1.82, 2.24) is 15.2 Å². The molecule has 0 spiro atoms. The number of benzene rings is 1. The van der Waals surface area contributed by atoms with Gasteiger partial charge in [-0.05, 0) is 18.9 Å². The minimum atomic E-state index is -0.164. The van der Waals surface area contributed by atoms with Crippen LogP contribution in [-0.2, 0) is 12.8 Å². The van der Waals surface area contributed by atoms with E-state index in [1.54, 1.807) is 0 Å². The Kier molecular flexibility index (Phi) is 4.58. The van der Waals surface area contributed by atoms with Crippen LogP contribution in [0.2, 0.25) is 0 Å². The van der Waals surface area contributed by atoms with E-state index >= 15 is 0 Å². The number of nitrogens with zero attached hydrogens (tertiary/aromatic N) is 3. The smallest absolute Gasteiger partial charge is 0.209 e. The zero-order valence-electron chi connectivity index (χ0n) is 11.1. The van der Waals surface area contributed by atoms with Crippen LogP contribution in [0.1, 0.15) is 23.9 Å². The Labute approximate surface area is 117 Å². The van der Waals surface area contributed by atoms with Crippen LogP contribution < -0.4 is 0 Å². The van der Waals surface area contributed by atoms with E-state index in [2.05, 4.69) is 52.4 Å². The molecule has 98 valence electrons. The van der Waals surface area contributed by atoms with Gasteiger partial charge in [-0.3, -0.25) is 5.10 Å². The zero-order valence-corrected chi connectivity index (χ0v) is 11.9. The lowest BCUT2D eigenvalue weighted by Crippen LogP contribution is -2.04. The Hall–Kier alpha value is -1.80. The van der Waals surface area contributed by atoms with Gasteiger partial charge >= 0.3 is 0 Å². The molecule has 1 aromatic heterocycles. The Morgan fingerprint density at radius 2 is 2.11 bits per heavy atom. The molecule has 0 aliphatic heterocycles. The van der Waals surface area contributed by atoms with Gasteiger partial charge in [-0.1, -0.05) is 48.5 Å². The van der Waals surface area contributed by atoms with Gasteiger partial charge in [0.15, 0.2) is 0 Å². The van der Waals surface area contributed by atoms with Crippen molar-refractivity contribution in [2.45, 2.75) is 37.1 Å². The summed E-state index contributed by atoms with van der Waals surface area (Å²) in [5, 5.41) is 16.7. The fourth-order valence-electron chi connectivity index (χ4n) is 1.67. The topological polar surface area (TPSA) is 65.4 Å². The molecule has 0 saturated carbocycles. The van der Waals surface area contributed by atoms with Crippen molar-refractivity contribution in [3.05, 3.63) is 41.2 Å².